The van der Waals surface area contributed by atoms with Crippen LogP contribution in [0, 0.1) is 17.5 Å². The average Bonchev–Trinajstić information content (AvgIpc) is 2.43. The number of fused-ring (bicyclic) bond motifs is 1. The summed E-state index contributed by atoms with van der Waals surface area (Å²) in [5.74, 6) is -2.29. The fourth-order valence-electron chi connectivity index (χ4n) is 1.89. The lowest BCUT2D eigenvalue weighted by Crippen LogP contribution is -1.96. The number of rotatable bonds is 1. The van der Waals surface area contributed by atoms with Crippen LogP contribution < -0.4 is 0 Å². The first-order chi connectivity index (χ1) is 9.95. The Morgan fingerprint density at radius 1 is 0.857 bits per heavy atom. The Balaban J connectivity index is 2.27. The highest BCUT2D eigenvalue weighted by Gasteiger charge is 2.14. The van der Waals surface area contributed by atoms with Crippen molar-refractivity contribution in [2.75, 3.05) is 0 Å². The summed E-state index contributed by atoms with van der Waals surface area (Å²) in [5.41, 5.74) is 0.145. The van der Waals surface area contributed by atoms with Crippen LogP contribution in [0.2, 0.25) is 10.2 Å². The highest BCUT2D eigenvalue weighted by Crippen LogP contribution is 2.28. The first kappa shape index (κ1) is 14.1. The Morgan fingerprint density at radius 2 is 1.62 bits per heavy atom. The van der Waals surface area contributed by atoms with Gasteiger partial charge in [-0.3, -0.25) is 0 Å². The minimum absolute atomic E-state index is 0.0218. The molecule has 0 saturated heterocycles. The summed E-state index contributed by atoms with van der Waals surface area (Å²) < 4.78 is 40.4. The predicted molar refractivity (Wildman–Crippen MR) is 74.9 cm³/mol. The lowest BCUT2D eigenvalue weighted by Gasteiger charge is -2.06. The van der Waals surface area contributed by atoms with Crippen molar-refractivity contribution in [2.24, 2.45) is 0 Å². The van der Waals surface area contributed by atoms with E-state index in [-0.39, 0.29) is 32.5 Å². The molecule has 0 bridgehead atoms. The van der Waals surface area contributed by atoms with Crippen molar-refractivity contribution in [1.82, 2.24) is 9.97 Å². The van der Waals surface area contributed by atoms with Crippen molar-refractivity contribution >= 4 is 34.1 Å². The van der Waals surface area contributed by atoms with Crippen LogP contribution in [-0.4, -0.2) is 9.97 Å². The molecule has 0 N–H and O–H groups in total. The molecule has 0 aliphatic rings. The van der Waals surface area contributed by atoms with E-state index in [1.807, 2.05) is 0 Å². The molecule has 0 atom stereocenters. The monoisotopic (exact) mass is 328 g/mol. The lowest BCUT2D eigenvalue weighted by atomic mass is 10.2. The van der Waals surface area contributed by atoms with E-state index >= 15 is 0 Å². The summed E-state index contributed by atoms with van der Waals surface area (Å²) in [4.78, 5) is 7.91. The van der Waals surface area contributed by atoms with Crippen molar-refractivity contribution in [3.05, 3.63) is 58.0 Å². The highest BCUT2D eigenvalue weighted by atomic mass is 35.5. The van der Waals surface area contributed by atoms with Crippen LogP contribution in [0.5, 0.6) is 0 Å². The Hall–Kier alpha value is -1.85. The Labute approximate surface area is 127 Å². The van der Waals surface area contributed by atoms with Gasteiger partial charge in [0.05, 0.1) is 5.02 Å². The van der Waals surface area contributed by atoms with Crippen molar-refractivity contribution in [3.63, 3.8) is 0 Å². The van der Waals surface area contributed by atoms with E-state index in [0.717, 1.165) is 12.1 Å². The van der Waals surface area contributed by atoms with Crippen LogP contribution in [0.3, 0.4) is 0 Å². The Bertz CT molecular complexity index is 868. The van der Waals surface area contributed by atoms with Gasteiger partial charge in [-0.1, -0.05) is 23.2 Å². The molecule has 0 spiro atoms. The van der Waals surface area contributed by atoms with Crippen molar-refractivity contribution in [3.8, 4) is 11.4 Å². The summed E-state index contributed by atoms with van der Waals surface area (Å²) in [5, 5.41) is -0.130. The molecule has 0 aliphatic heterocycles. The van der Waals surface area contributed by atoms with Gasteiger partial charge in [0.15, 0.2) is 11.6 Å². The molecule has 3 rings (SSSR count). The van der Waals surface area contributed by atoms with Crippen LogP contribution in [0.15, 0.2) is 30.3 Å². The van der Waals surface area contributed by atoms with E-state index in [0.29, 0.717) is 6.07 Å². The van der Waals surface area contributed by atoms with Crippen LogP contribution in [-0.2, 0) is 0 Å². The summed E-state index contributed by atoms with van der Waals surface area (Å²) in [7, 11) is 0. The summed E-state index contributed by atoms with van der Waals surface area (Å²) in [6, 6.07) is 5.64. The quantitative estimate of drug-likeness (QED) is 0.586. The van der Waals surface area contributed by atoms with Gasteiger partial charge in [-0.2, -0.15) is 0 Å². The van der Waals surface area contributed by atoms with Gasteiger partial charge < -0.3 is 0 Å². The molecular formula is C14H5Cl2F3N2. The number of nitrogens with zero attached hydrogens (tertiary/aromatic N) is 2. The molecule has 106 valence electrons. The smallest absolute Gasteiger partial charge is 0.161 e. The number of hydrogen-bond donors (Lipinski definition) is 0. The second-order valence-electron chi connectivity index (χ2n) is 4.25. The van der Waals surface area contributed by atoms with E-state index in [9.17, 15) is 13.2 Å². The molecular weight excluding hydrogens is 324 g/mol. The third-order valence-electron chi connectivity index (χ3n) is 2.85. The zero-order chi connectivity index (χ0) is 15.1. The van der Waals surface area contributed by atoms with E-state index < -0.39 is 17.5 Å². The molecule has 2 aromatic carbocycles. The highest BCUT2D eigenvalue weighted by molar-refractivity contribution is 6.34. The third-order valence-corrected chi connectivity index (χ3v) is 3.44. The van der Waals surface area contributed by atoms with Gasteiger partial charge in [0.25, 0.3) is 0 Å². The van der Waals surface area contributed by atoms with Gasteiger partial charge in [0, 0.05) is 17.0 Å². The van der Waals surface area contributed by atoms with Gasteiger partial charge in [0.2, 0.25) is 0 Å². The first-order valence-electron chi connectivity index (χ1n) is 5.73. The molecule has 1 aromatic heterocycles. The molecule has 0 amide bonds. The average molecular weight is 329 g/mol. The summed E-state index contributed by atoms with van der Waals surface area (Å²) in [6.07, 6.45) is 0. The molecule has 0 aliphatic carbocycles. The molecule has 1 heterocycles. The maximum absolute atomic E-state index is 13.8. The number of aromatic nitrogens is 2. The Morgan fingerprint density at radius 3 is 2.33 bits per heavy atom. The molecule has 2 nitrogen and oxygen atoms in total. The summed E-state index contributed by atoms with van der Waals surface area (Å²) >= 11 is 11.5. The van der Waals surface area contributed by atoms with Gasteiger partial charge >= 0.3 is 0 Å². The molecule has 21 heavy (non-hydrogen) atoms. The normalized spacial score (nSPS) is 11.1. The fourth-order valence-corrected chi connectivity index (χ4v) is 2.23. The molecule has 3 aromatic rings. The molecule has 0 saturated carbocycles. The van der Waals surface area contributed by atoms with Gasteiger partial charge in [-0.15, -0.1) is 0 Å². The Kier molecular flexibility index (Phi) is 3.47. The lowest BCUT2D eigenvalue weighted by molar-refractivity contribution is 0.590. The first-order valence-corrected chi connectivity index (χ1v) is 6.49. The summed E-state index contributed by atoms with van der Waals surface area (Å²) in [6.45, 7) is 0. The van der Waals surface area contributed by atoms with E-state index in [1.54, 1.807) is 0 Å². The zero-order valence-electron chi connectivity index (χ0n) is 10.2. The van der Waals surface area contributed by atoms with Crippen molar-refractivity contribution in [2.45, 2.75) is 0 Å². The third kappa shape index (κ3) is 2.54. The maximum Gasteiger partial charge on any atom is 0.161 e. The van der Waals surface area contributed by atoms with E-state index in [1.165, 1.54) is 12.1 Å². The zero-order valence-corrected chi connectivity index (χ0v) is 11.7. The number of benzene rings is 2. The van der Waals surface area contributed by atoms with Crippen LogP contribution in [0.25, 0.3) is 22.3 Å². The SMILES string of the molecule is Fc1cc(F)c2nc(-c3ccc(Cl)c(F)c3)nc(Cl)c2c1. The maximum atomic E-state index is 13.8. The minimum Gasteiger partial charge on any atom is -0.225 e. The van der Waals surface area contributed by atoms with Crippen molar-refractivity contribution in [1.29, 1.82) is 0 Å². The van der Waals surface area contributed by atoms with Gasteiger partial charge in [-0.25, -0.2) is 23.1 Å². The largest absolute Gasteiger partial charge is 0.225 e. The fraction of sp³-hybridized carbons (Fsp3) is 0. The van der Waals surface area contributed by atoms with E-state index in [4.69, 9.17) is 23.2 Å². The number of hydrogen-bond acceptors (Lipinski definition) is 2. The molecule has 0 fully saturated rings. The van der Waals surface area contributed by atoms with Gasteiger partial charge in [0.1, 0.15) is 22.3 Å². The van der Waals surface area contributed by atoms with E-state index in [2.05, 4.69) is 9.97 Å². The molecule has 7 heteroatoms. The van der Waals surface area contributed by atoms with Crippen LogP contribution in [0.4, 0.5) is 13.2 Å². The van der Waals surface area contributed by atoms with Crippen LogP contribution >= 0.6 is 23.2 Å². The molecule has 0 radical (unpaired) electrons. The van der Waals surface area contributed by atoms with Crippen molar-refractivity contribution < 1.29 is 13.2 Å². The second-order valence-corrected chi connectivity index (χ2v) is 5.02. The standard InChI is InChI=1S/C14H5Cl2F3N2/c15-9-2-1-6(3-10(9)18)14-20-12-8(13(16)21-14)4-7(17)5-11(12)19/h1-5H. The number of halogens is 5. The predicted octanol–water partition coefficient (Wildman–Crippen LogP) is 5.02. The minimum atomic E-state index is -0.870. The molecule has 0 unspecified atom stereocenters. The second kappa shape index (κ2) is 5.16. The topological polar surface area (TPSA) is 25.8 Å². The van der Waals surface area contributed by atoms with Gasteiger partial charge in [-0.05, 0) is 24.3 Å². The van der Waals surface area contributed by atoms with Crippen LogP contribution in [0.1, 0.15) is 0 Å².